The summed E-state index contributed by atoms with van der Waals surface area (Å²) in [5.41, 5.74) is -8.54. The van der Waals surface area contributed by atoms with E-state index in [9.17, 15) is 0 Å². The van der Waals surface area contributed by atoms with Crippen molar-refractivity contribution in [2.45, 2.75) is 0 Å². The van der Waals surface area contributed by atoms with Crippen molar-refractivity contribution >= 4 is 44.8 Å². The number of hydrogen-bond acceptors (Lipinski definition) is 4. The highest BCUT2D eigenvalue weighted by Gasteiger charge is 2.32. The van der Waals surface area contributed by atoms with Crippen LogP contribution in [0.15, 0.2) is 72.8 Å². The molecule has 1 aliphatic heterocycles. The molecule has 0 saturated heterocycles. The summed E-state index contributed by atoms with van der Waals surface area (Å²) in [6.45, 7) is 0. The number of H-pyrrole nitrogens is 3. The molecular formula is C40H24F8N4O3. The molecule has 0 unspecified atom stereocenters. The van der Waals surface area contributed by atoms with Crippen LogP contribution in [-0.4, -0.2) is 41.3 Å². The molecule has 5 heterocycles. The average molecular weight is 761 g/mol. The van der Waals surface area contributed by atoms with Crippen LogP contribution in [-0.2, 0) is 0 Å². The Morgan fingerprint density at radius 2 is 0.636 bits per heavy atom. The van der Waals surface area contributed by atoms with E-state index in [1.807, 2.05) is 0 Å². The van der Waals surface area contributed by atoms with E-state index in [1.165, 1.54) is 94.1 Å². The van der Waals surface area contributed by atoms with Crippen LogP contribution in [0.25, 0.3) is 78.1 Å². The number of halogens is 8. The number of aromatic amines is 3. The Morgan fingerprint density at radius 1 is 0.364 bits per heavy atom. The second-order valence-corrected chi connectivity index (χ2v) is 12.3. The summed E-state index contributed by atoms with van der Waals surface area (Å²) in [7, 11) is 4.09. The number of methoxy groups -OCH3 is 3. The highest BCUT2D eigenvalue weighted by Crippen LogP contribution is 2.44. The van der Waals surface area contributed by atoms with Gasteiger partial charge in [-0.25, -0.2) is 40.1 Å². The van der Waals surface area contributed by atoms with Crippen LogP contribution in [0.5, 0.6) is 17.2 Å². The lowest BCUT2D eigenvalue weighted by molar-refractivity contribution is 0.415. The van der Waals surface area contributed by atoms with Crippen molar-refractivity contribution in [1.82, 2.24) is 19.9 Å². The zero-order valence-electron chi connectivity index (χ0n) is 28.6. The van der Waals surface area contributed by atoms with Crippen LogP contribution in [0.2, 0.25) is 0 Å². The van der Waals surface area contributed by atoms with Crippen molar-refractivity contribution < 1.29 is 49.3 Å². The highest BCUT2D eigenvalue weighted by molar-refractivity contribution is 6.03. The third-order valence-corrected chi connectivity index (χ3v) is 9.34. The van der Waals surface area contributed by atoms with Gasteiger partial charge in [0.05, 0.1) is 48.9 Å². The summed E-state index contributed by atoms with van der Waals surface area (Å²) in [5, 5.41) is 0. The minimum absolute atomic E-state index is 0.00848. The van der Waals surface area contributed by atoms with E-state index in [0.29, 0.717) is 17.2 Å². The summed E-state index contributed by atoms with van der Waals surface area (Å²) in [5.74, 6) is -12.5. The van der Waals surface area contributed by atoms with Gasteiger partial charge in [-0.1, -0.05) is 36.4 Å². The first-order valence-electron chi connectivity index (χ1n) is 16.3. The zero-order chi connectivity index (χ0) is 38.9. The molecule has 8 bridgehead atoms. The molecule has 7 aromatic rings. The van der Waals surface area contributed by atoms with Gasteiger partial charge in [-0.3, -0.25) is 0 Å². The van der Waals surface area contributed by atoms with E-state index in [2.05, 4.69) is 19.9 Å². The molecule has 4 aromatic heterocycles. The maximum absolute atomic E-state index is 16.5. The van der Waals surface area contributed by atoms with E-state index >= 15 is 35.1 Å². The first kappa shape index (κ1) is 35.3. The van der Waals surface area contributed by atoms with Gasteiger partial charge in [-0.15, -0.1) is 0 Å². The number of benzene rings is 3. The fourth-order valence-corrected chi connectivity index (χ4v) is 6.64. The number of ether oxygens (including phenoxy) is 3. The Bertz CT molecular complexity index is 2840. The lowest BCUT2D eigenvalue weighted by Gasteiger charge is -2.07. The number of rotatable bonds is 6. The normalized spacial score (nSPS) is 12.2. The maximum atomic E-state index is 16.5. The topological polar surface area (TPSA) is 87.9 Å². The van der Waals surface area contributed by atoms with Gasteiger partial charge in [-0.05, 0) is 53.1 Å². The van der Waals surface area contributed by atoms with Gasteiger partial charge in [0.1, 0.15) is 34.2 Å². The summed E-state index contributed by atoms with van der Waals surface area (Å²) < 4.78 is 146. The van der Waals surface area contributed by atoms with Gasteiger partial charge < -0.3 is 29.2 Å². The summed E-state index contributed by atoms with van der Waals surface area (Å²) in [6.07, 6.45) is 0. The summed E-state index contributed by atoms with van der Waals surface area (Å²) in [6, 6.07) is 16.4. The molecule has 0 radical (unpaired) electrons. The third kappa shape index (κ3) is 5.44. The van der Waals surface area contributed by atoms with E-state index < -0.39 is 108 Å². The first-order chi connectivity index (χ1) is 26.5. The van der Waals surface area contributed by atoms with Crippen LogP contribution < -0.4 is 14.2 Å². The van der Waals surface area contributed by atoms with Gasteiger partial charge >= 0.3 is 0 Å². The molecule has 1 aliphatic rings. The highest BCUT2D eigenvalue weighted by atomic mass is 19.2. The van der Waals surface area contributed by atoms with Gasteiger partial charge in [0.15, 0.2) is 46.6 Å². The quantitative estimate of drug-likeness (QED) is 0.147. The van der Waals surface area contributed by atoms with Crippen molar-refractivity contribution in [2.24, 2.45) is 0 Å². The lowest BCUT2D eigenvalue weighted by Crippen LogP contribution is -1.90. The number of hydrogen-bond donors (Lipinski definition) is 3. The van der Waals surface area contributed by atoms with Crippen LogP contribution >= 0.6 is 0 Å². The molecule has 7 nitrogen and oxygen atoms in total. The van der Waals surface area contributed by atoms with Crippen molar-refractivity contribution in [3.63, 3.8) is 0 Å². The van der Waals surface area contributed by atoms with Gasteiger partial charge in [0.2, 0.25) is 0 Å². The molecule has 0 aliphatic carbocycles. The number of fused-ring (bicyclic) bond motifs is 9. The smallest absolute Gasteiger partial charge is 0.188 e. The molecule has 3 N–H and O–H groups in total. The molecule has 0 saturated carbocycles. The molecule has 8 rings (SSSR count). The molecule has 0 atom stereocenters. The van der Waals surface area contributed by atoms with Crippen molar-refractivity contribution in [2.75, 3.05) is 21.3 Å². The number of aromatic nitrogens is 4. The third-order valence-electron chi connectivity index (χ3n) is 9.34. The largest absolute Gasteiger partial charge is 0.497 e. The zero-order valence-corrected chi connectivity index (χ0v) is 28.6. The Labute approximate surface area is 304 Å². The number of nitrogens with one attached hydrogen (secondary N) is 3. The van der Waals surface area contributed by atoms with Crippen LogP contribution in [0.3, 0.4) is 0 Å². The SMILES string of the molecule is COc1ccc(-c2c3nc(c4[nH]c(c(F)c4F)c(-c4ccc(OC)cc4)c4[nH]c(c(F)c4F)c(-c4ccc(OC)cc4)c4[nH]c2c(F)c4F)C(F)=C3F)cc1. The predicted octanol–water partition coefficient (Wildman–Crippen LogP) is 11.2. The van der Waals surface area contributed by atoms with E-state index in [4.69, 9.17) is 14.2 Å². The van der Waals surface area contributed by atoms with E-state index in [-0.39, 0.29) is 16.7 Å². The lowest BCUT2D eigenvalue weighted by atomic mass is 10.0. The van der Waals surface area contributed by atoms with Crippen LogP contribution in [0.1, 0.15) is 11.4 Å². The molecule has 0 amide bonds. The Hall–Kier alpha value is -6.77. The Balaban J connectivity index is 1.68. The molecule has 278 valence electrons. The average Bonchev–Trinajstić information content (AvgIpc) is 3.87. The molecule has 0 fully saturated rings. The Kier molecular flexibility index (Phi) is 8.51. The predicted molar refractivity (Wildman–Crippen MR) is 191 cm³/mol. The van der Waals surface area contributed by atoms with E-state index in [0.717, 1.165) is 0 Å². The molecule has 15 heteroatoms. The van der Waals surface area contributed by atoms with Crippen molar-refractivity contribution in [1.29, 1.82) is 0 Å². The second-order valence-electron chi connectivity index (χ2n) is 12.3. The molecule has 3 aromatic carbocycles. The fraction of sp³-hybridized carbons (Fsp3) is 0.0750. The second kappa shape index (κ2) is 13.3. The first-order valence-corrected chi connectivity index (χ1v) is 16.3. The van der Waals surface area contributed by atoms with E-state index in [1.54, 1.807) is 0 Å². The summed E-state index contributed by atoms with van der Waals surface area (Å²) >= 11 is 0. The van der Waals surface area contributed by atoms with Crippen molar-refractivity contribution in [3.05, 3.63) is 119 Å². The minimum atomic E-state index is -1.77. The molecule has 55 heavy (non-hydrogen) atoms. The van der Waals surface area contributed by atoms with Crippen LogP contribution in [0, 0.1) is 34.9 Å². The van der Waals surface area contributed by atoms with Crippen LogP contribution in [0.4, 0.5) is 35.1 Å². The standard InChI is InChI=1S/C40H24F8N4O3/c1-53-19-10-4-16(5-11-19)22-33-25(41)27(43)35(49-33)23(17-6-12-20(54-2)13-7-17)37-29(45)31(47)39(51-37)40-32(48)30(46)38(52-40)24(18-8-14-21(55-3)15-9-18)36-28(44)26(42)34(22)50-36/h4-15,49-51H,1-3H3. The molecular weight excluding hydrogens is 736 g/mol. The Morgan fingerprint density at radius 3 is 0.982 bits per heavy atom. The van der Waals surface area contributed by atoms with Gasteiger partial charge in [0, 0.05) is 16.7 Å². The monoisotopic (exact) mass is 760 g/mol. The molecule has 0 spiro atoms. The fourth-order valence-electron chi connectivity index (χ4n) is 6.64. The minimum Gasteiger partial charge on any atom is -0.497 e. The van der Waals surface area contributed by atoms with Gasteiger partial charge in [0.25, 0.3) is 0 Å². The number of nitrogens with zero attached hydrogens (tertiary/aromatic N) is 1. The van der Waals surface area contributed by atoms with Crippen molar-refractivity contribution in [3.8, 4) is 50.6 Å². The summed E-state index contributed by atoms with van der Waals surface area (Å²) in [4.78, 5) is 11.5. The van der Waals surface area contributed by atoms with Gasteiger partial charge in [-0.2, -0.15) is 0 Å². The maximum Gasteiger partial charge on any atom is 0.188 e.